The fraction of sp³-hybridized carbons (Fsp3) is 0.227. The van der Waals surface area contributed by atoms with Gasteiger partial charge < -0.3 is 9.88 Å². The van der Waals surface area contributed by atoms with E-state index in [9.17, 15) is 9.59 Å². The zero-order valence-corrected chi connectivity index (χ0v) is 15.3. The van der Waals surface area contributed by atoms with E-state index in [-0.39, 0.29) is 17.5 Å². The average Bonchev–Trinajstić information content (AvgIpc) is 3.18. The molecule has 0 radical (unpaired) electrons. The molecular formula is C22H20N4O2. The third-order valence-corrected chi connectivity index (χ3v) is 5.53. The van der Waals surface area contributed by atoms with Crippen molar-refractivity contribution in [2.45, 2.75) is 18.9 Å². The predicted molar refractivity (Wildman–Crippen MR) is 108 cm³/mol. The molecule has 1 aliphatic heterocycles. The first-order valence-electron chi connectivity index (χ1n) is 9.53. The molecule has 1 N–H and O–H groups in total. The summed E-state index contributed by atoms with van der Waals surface area (Å²) in [6, 6.07) is 17.1. The molecule has 0 bridgehead atoms. The Morgan fingerprint density at radius 3 is 2.82 bits per heavy atom. The van der Waals surface area contributed by atoms with Crippen LogP contribution in [-0.4, -0.2) is 38.4 Å². The summed E-state index contributed by atoms with van der Waals surface area (Å²) in [6.45, 7) is 1.20. The lowest BCUT2D eigenvalue weighted by atomic mass is 10.0. The second kappa shape index (κ2) is 6.64. The second-order valence-corrected chi connectivity index (χ2v) is 7.29. The van der Waals surface area contributed by atoms with Crippen molar-refractivity contribution in [1.82, 2.24) is 19.4 Å². The monoisotopic (exact) mass is 372 g/mol. The molecule has 0 saturated carbocycles. The molecule has 1 amide bonds. The normalized spacial score (nSPS) is 17.3. The minimum Gasteiger partial charge on any atom is -0.351 e. The number of benzene rings is 2. The van der Waals surface area contributed by atoms with E-state index >= 15 is 0 Å². The van der Waals surface area contributed by atoms with Gasteiger partial charge in [0.15, 0.2) is 0 Å². The lowest BCUT2D eigenvalue weighted by Crippen LogP contribution is -2.43. The van der Waals surface area contributed by atoms with E-state index in [0.717, 1.165) is 23.7 Å². The first kappa shape index (κ1) is 16.7. The molecule has 3 heterocycles. The minimum atomic E-state index is -0.0633. The first-order chi connectivity index (χ1) is 13.7. The Bertz CT molecular complexity index is 1210. The Balaban J connectivity index is 1.44. The van der Waals surface area contributed by atoms with Crippen molar-refractivity contribution >= 4 is 27.7 Å². The van der Waals surface area contributed by atoms with Gasteiger partial charge in [0.2, 0.25) is 0 Å². The zero-order valence-electron chi connectivity index (χ0n) is 15.3. The maximum Gasteiger partial charge on any atom is 0.270 e. The van der Waals surface area contributed by atoms with Gasteiger partial charge >= 0.3 is 0 Å². The fourth-order valence-electron chi connectivity index (χ4n) is 4.07. The van der Waals surface area contributed by atoms with E-state index in [0.29, 0.717) is 29.7 Å². The summed E-state index contributed by atoms with van der Waals surface area (Å²) >= 11 is 0. The summed E-state index contributed by atoms with van der Waals surface area (Å²) in [7, 11) is 0. The van der Waals surface area contributed by atoms with Crippen LogP contribution in [0.25, 0.3) is 21.8 Å². The molecule has 0 aliphatic carbocycles. The van der Waals surface area contributed by atoms with Crippen molar-refractivity contribution in [3.63, 3.8) is 0 Å². The number of carbonyl (C=O) groups is 1. The Kier molecular flexibility index (Phi) is 3.97. The molecule has 0 spiro atoms. The number of carbonyl (C=O) groups excluding carboxylic acids is 1. The van der Waals surface area contributed by atoms with E-state index in [1.165, 1.54) is 0 Å². The van der Waals surface area contributed by atoms with E-state index in [1.54, 1.807) is 17.0 Å². The highest BCUT2D eigenvalue weighted by atomic mass is 16.2. The molecule has 1 fully saturated rings. The molecule has 2 aromatic carbocycles. The van der Waals surface area contributed by atoms with Crippen LogP contribution in [0.1, 0.15) is 29.4 Å². The van der Waals surface area contributed by atoms with Crippen molar-refractivity contribution in [3.8, 4) is 0 Å². The third kappa shape index (κ3) is 2.78. The number of rotatable bonds is 2. The van der Waals surface area contributed by atoms with Crippen LogP contribution in [0.15, 0.2) is 65.7 Å². The SMILES string of the molecule is O=C(c1cc2ccccc2[nH]1)N1CCCC(n2cnc3ccccc3c2=O)C1. The molecule has 2 aromatic heterocycles. The highest BCUT2D eigenvalue weighted by Gasteiger charge is 2.27. The number of H-pyrrole nitrogens is 1. The van der Waals surface area contributed by atoms with Crippen molar-refractivity contribution in [2.24, 2.45) is 0 Å². The molecule has 1 unspecified atom stereocenters. The van der Waals surface area contributed by atoms with Crippen LogP contribution in [0.5, 0.6) is 0 Å². The summed E-state index contributed by atoms with van der Waals surface area (Å²) in [4.78, 5) is 35.4. The molecule has 1 saturated heterocycles. The van der Waals surface area contributed by atoms with Crippen molar-refractivity contribution in [1.29, 1.82) is 0 Å². The summed E-state index contributed by atoms with van der Waals surface area (Å²) in [5, 5.41) is 1.64. The Morgan fingerprint density at radius 2 is 1.93 bits per heavy atom. The van der Waals surface area contributed by atoms with Gasteiger partial charge in [0.1, 0.15) is 5.69 Å². The summed E-state index contributed by atoms with van der Waals surface area (Å²) in [5.41, 5.74) is 2.20. The summed E-state index contributed by atoms with van der Waals surface area (Å²) in [5.74, 6) is -0.0253. The molecule has 6 heteroatoms. The Labute approximate surface area is 161 Å². The highest BCUT2D eigenvalue weighted by Crippen LogP contribution is 2.23. The molecule has 4 aromatic rings. The van der Waals surface area contributed by atoms with Gasteiger partial charge in [0.05, 0.1) is 23.3 Å². The number of para-hydroxylation sites is 2. The van der Waals surface area contributed by atoms with E-state index in [1.807, 2.05) is 53.4 Å². The van der Waals surface area contributed by atoms with Crippen LogP contribution in [0.4, 0.5) is 0 Å². The quantitative estimate of drug-likeness (QED) is 0.587. The topological polar surface area (TPSA) is 71.0 Å². The van der Waals surface area contributed by atoms with Gasteiger partial charge in [0.25, 0.3) is 11.5 Å². The molecule has 1 atom stereocenters. The number of aromatic amines is 1. The van der Waals surface area contributed by atoms with Gasteiger partial charge in [-0.1, -0.05) is 30.3 Å². The van der Waals surface area contributed by atoms with E-state index < -0.39 is 0 Å². The minimum absolute atomic E-state index is 0.0253. The van der Waals surface area contributed by atoms with Gasteiger partial charge in [-0.15, -0.1) is 0 Å². The summed E-state index contributed by atoms with van der Waals surface area (Å²) in [6.07, 6.45) is 3.33. The fourth-order valence-corrected chi connectivity index (χ4v) is 4.07. The van der Waals surface area contributed by atoms with E-state index in [4.69, 9.17) is 0 Å². The van der Waals surface area contributed by atoms with Crippen molar-refractivity contribution in [3.05, 3.63) is 77.0 Å². The molecule has 28 heavy (non-hydrogen) atoms. The zero-order chi connectivity index (χ0) is 19.1. The highest BCUT2D eigenvalue weighted by molar-refractivity contribution is 5.98. The number of nitrogens with zero attached hydrogens (tertiary/aromatic N) is 3. The Morgan fingerprint density at radius 1 is 1.11 bits per heavy atom. The number of amides is 1. The van der Waals surface area contributed by atoms with E-state index in [2.05, 4.69) is 9.97 Å². The number of fused-ring (bicyclic) bond motifs is 2. The number of piperidine rings is 1. The number of hydrogen-bond donors (Lipinski definition) is 1. The maximum atomic E-state index is 13.0. The molecule has 6 nitrogen and oxygen atoms in total. The number of aromatic nitrogens is 3. The lowest BCUT2D eigenvalue weighted by molar-refractivity contribution is 0.0672. The third-order valence-electron chi connectivity index (χ3n) is 5.53. The molecular weight excluding hydrogens is 352 g/mol. The van der Waals surface area contributed by atoms with Crippen LogP contribution >= 0.6 is 0 Å². The van der Waals surface area contributed by atoms with Gasteiger partial charge in [-0.3, -0.25) is 14.2 Å². The predicted octanol–water partition coefficient (Wildman–Crippen LogP) is 3.36. The number of hydrogen-bond acceptors (Lipinski definition) is 3. The number of nitrogens with one attached hydrogen (secondary N) is 1. The van der Waals surface area contributed by atoms with Crippen LogP contribution < -0.4 is 5.56 Å². The van der Waals surface area contributed by atoms with Crippen LogP contribution in [0.3, 0.4) is 0 Å². The summed E-state index contributed by atoms with van der Waals surface area (Å²) < 4.78 is 1.69. The molecule has 140 valence electrons. The first-order valence-corrected chi connectivity index (χ1v) is 9.53. The van der Waals surface area contributed by atoms with Gasteiger partial charge in [-0.25, -0.2) is 4.98 Å². The number of likely N-dealkylation sites (tertiary alicyclic amines) is 1. The molecule has 5 rings (SSSR count). The van der Waals surface area contributed by atoms with Crippen molar-refractivity contribution < 1.29 is 4.79 Å². The van der Waals surface area contributed by atoms with Gasteiger partial charge in [-0.05, 0) is 37.1 Å². The standard InChI is InChI=1S/C22H20N4O2/c27-21-17-8-2-4-10-19(17)23-14-26(21)16-7-5-11-25(13-16)22(28)20-12-15-6-1-3-9-18(15)24-20/h1-4,6,8-10,12,14,16,24H,5,7,11,13H2. The van der Waals surface area contributed by atoms with Crippen LogP contribution in [-0.2, 0) is 0 Å². The second-order valence-electron chi connectivity index (χ2n) is 7.29. The van der Waals surface area contributed by atoms with Crippen LogP contribution in [0.2, 0.25) is 0 Å². The Hall–Kier alpha value is -3.41. The smallest absolute Gasteiger partial charge is 0.270 e. The van der Waals surface area contributed by atoms with Gasteiger partial charge in [0, 0.05) is 24.0 Å². The average molecular weight is 372 g/mol. The lowest BCUT2D eigenvalue weighted by Gasteiger charge is -2.33. The molecule has 1 aliphatic rings. The van der Waals surface area contributed by atoms with Gasteiger partial charge in [-0.2, -0.15) is 0 Å². The maximum absolute atomic E-state index is 13.0. The van der Waals surface area contributed by atoms with Crippen molar-refractivity contribution in [2.75, 3.05) is 13.1 Å². The largest absolute Gasteiger partial charge is 0.351 e. The van der Waals surface area contributed by atoms with Crippen LogP contribution in [0, 0.1) is 0 Å².